The van der Waals surface area contributed by atoms with Gasteiger partial charge in [-0.15, -0.1) is 0 Å². The van der Waals surface area contributed by atoms with Gasteiger partial charge in [-0.05, 0) is 37.5 Å². The fourth-order valence-corrected chi connectivity index (χ4v) is 13.2. The number of carbonyl (C=O) groups excluding carboxylic acids is 4. The zero-order chi connectivity index (χ0) is 70.0. The number of hydrogen-bond donors (Lipinski definition) is 3. The van der Waals surface area contributed by atoms with Crippen LogP contribution in [0.1, 0.15) is 395 Å². The normalized spacial score (nSPS) is 14.3. The summed E-state index contributed by atoms with van der Waals surface area (Å²) in [4.78, 5) is 72.8. The molecule has 564 valence electrons. The van der Waals surface area contributed by atoms with Gasteiger partial charge in [0, 0.05) is 25.7 Å². The van der Waals surface area contributed by atoms with E-state index in [1.54, 1.807) is 0 Å². The van der Waals surface area contributed by atoms with E-state index < -0.39 is 97.5 Å². The molecule has 6 atom stereocenters. The van der Waals surface area contributed by atoms with Crippen molar-refractivity contribution in [1.29, 1.82) is 0 Å². The van der Waals surface area contributed by atoms with Crippen LogP contribution in [0.15, 0.2) is 0 Å². The second kappa shape index (κ2) is 67.9. The molecule has 0 rings (SSSR count). The Labute approximate surface area is 581 Å². The number of aliphatic hydroxyl groups excluding tert-OH is 1. The summed E-state index contributed by atoms with van der Waals surface area (Å²) in [6.07, 6.45) is 55.5. The number of phosphoric ester groups is 2. The minimum absolute atomic E-state index is 0.105. The van der Waals surface area contributed by atoms with E-state index in [1.807, 2.05) is 0 Å². The van der Waals surface area contributed by atoms with Crippen LogP contribution in [0.3, 0.4) is 0 Å². The van der Waals surface area contributed by atoms with Gasteiger partial charge >= 0.3 is 39.5 Å². The van der Waals surface area contributed by atoms with Gasteiger partial charge in [-0.25, -0.2) is 9.13 Å². The van der Waals surface area contributed by atoms with Gasteiger partial charge in [0.1, 0.15) is 19.3 Å². The fourth-order valence-electron chi connectivity index (χ4n) is 11.6. The van der Waals surface area contributed by atoms with E-state index in [2.05, 4.69) is 41.5 Å². The highest BCUT2D eigenvalue weighted by atomic mass is 31.2. The van der Waals surface area contributed by atoms with E-state index in [0.29, 0.717) is 31.6 Å². The largest absolute Gasteiger partial charge is 0.472 e. The molecule has 3 unspecified atom stereocenters. The van der Waals surface area contributed by atoms with Gasteiger partial charge in [-0.2, -0.15) is 0 Å². The lowest BCUT2D eigenvalue weighted by Gasteiger charge is -2.21. The Morgan fingerprint density at radius 2 is 0.537 bits per heavy atom. The number of carbonyl (C=O) groups is 4. The molecular weight excluding hydrogens is 1250 g/mol. The van der Waals surface area contributed by atoms with Crippen LogP contribution in [0.25, 0.3) is 0 Å². The van der Waals surface area contributed by atoms with Gasteiger partial charge in [-0.3, -0.25) is 37.3 Å². The van der Waals surface area contributed by atoms with Crippen molar-refractivity contribution >= 4 is 39.5 Å². The lowest BCUT2D eigenvalue weighted by atomic mass is 9.99. The summed E-state index contributed by atoms with van der Waals surface area (Å²) in [5.74, 6) is -0.634. The standard InChI is InChI=1S/C76H148O17P2/c1-7-10-12-14-16-18-20-22-24-25-27-29-31-36-40-48-54-60-75(80)92-71(64-86-73(78)58-52-46-39-35-30-28-26-23-21-19-17-15-13-11-8-2)66-90-94(82,83)88-62-70(77)63-89-95(84,85)91-67-72(65-87-74(79)59-53-47-43-42-44-50-56-68(4)5)93-76(81)61-55-49-41-37-33-32-34-38-45-51-57-69(6)9-3/h68-72,77H,7-67H2,1-6H3,(H,82,83)(H,84,85)/t69?,70-,71-,72-/m1/s1. The van der Waals surface area contributed by atoms with Gasteiger partial charge in [0.15, 0.2) is 12.2 Å². The van der Waals surface area contributed by atoms with Crippen molar-refractivity contribution < 1.29 is 80.2 Å². The first-order valence-corrected chi connectivity index (χ1v) is 42.5. The Morgan fingerprint density at radius 1 is 0.305 bits per heavy atom. The molecule has 17 nitrogen and oxygen atoms in total. The number of rotatable bonds is 75. The zero-order valence-corrected chi connectivity index (χ0v) is 63.8. The highest BCUT2D eigenvalue weighted by molar-refractivity contribution is 7.47. The molecule has 0 saturated heterocycles. The summed E-state index contributed by atoms with van der Waals surface area (Å²) < 4.78 is 68.5. The number of unbranched alkanes of at least 4 members (excludes halogenated alkanes) is 44. The molecule has 95 heavy (non-hydrogen) atoms. The van der Waals surface area contributed by atoms with Crippen LogP contribution in [-0.2, 0) is 65.4 Å². The predicted octanol–water partition coefficient (Wildman–Crippen LogP) is 22.3. The third-order valence-corrected chi connectivity index (χ3v) is 20.0. The van der Waals surface area contributed by atoms with Crippen molar-refractivity contribution in [3.05, 3.63) is 0 Å². The molecular formula is C76H148O17P2. The van der Waals surface area contributed by atoms with Crippen LogP contribution in [0.4, 0.5) is 0 Å². The molecule has 0 amide bonds. The van der Waals surface area contributed by atoms with Crippen molar-refractivity contribution in [2.75, 3.05) is 39.6 Å². The van der Waals surface area contributed by atoms with Crippen LogP contribution >= 0.6 is 15.6 Å². The topological polar surface area (TPSA) is 237 Å². The van der Waals surface area contributed by atoms with Crippen molar-refractivity contribution in [1.82, 2.24) is 0 Å². The molecule has 0 heterocycles. The lowest BCUT2D eigenvalue weighted by Crippen LogP contribution is -2.30. The molecule has 19 heteroatoms. The maximum atomic E-state index is 13.1. The Bertz CT molecular complexity index is 1840. The Kier molecular flexibility index (Phi) is 66.5. The third-order valence-electron chi connectivity index (χ3n) is 18.1. The second-order valence-corrected chi connectivity index (χ2v) is 31.0. The number of hydrogen-bond acceptors (Lipinski definition) is 15. The maximum Gasteiger partial charge on any atom is 0.472 e. The van der Waals surface area contributed by atoms with Crippen LogP contribution < -0.4 is 0 Å². The molecule has 0 aliphatic heterocycles. The molecule has 0 aromatic carbocycles. The first-order valence-electron chi connectivity index (χ1n) is 39.5. The second-order valence-electron chi connectivity index (χ2n) is 28.1. The average Bonchev–Trinajstić information content (AvgIpc) is 1.44. The van der Waals surface area contributed by atoms with Gasteiger partial charge in [0.2, 0.25) is 0 Å². The van der Waals surface area contributed by atoms with Crippen LogP contribution in [-0.4, -0.2) is 96.7 Å². The third kappa shape index (κ3) is 69.0. The maximum absolute atomic E-state index is 13.1. The average molecular weight is 1400 g/mol. The Morgan fingerprint density at radius 3 is 0.800 bits per heavy atom. The SMILES string of the molecule is CCCCCCCCCCCCCCCCCCCC(=O)O[C@H](COC(=O)CCCCCCCCCCCCCCCCC)COP(=O)(O)OC[C@@H](O)COP(=O)(O)OC[C@@H](COC(=O)CCCCCCCCC(C)C)OC(=O)CCCCCCCCCCCCC(C)CC. The van der Waals surface area contributed by atoms with Crippen LogP contribution in [0, 0.1) is 11.8 Å². The van der Waals surface area contributed by atoms with E-state index in [4.69, 9.17) is 37.0 Å². The quantitative estimate of drug-likeness (QED) is 0.0222. The number of ether oxygens (including phenoxy) is 4. The van der Waals surface area contributed by atoms with Gasteiger partial charge < -0.3 is 33.8 Å². The molecule has 0 aliphatic rings. The molecule has 0 aliphatic carbocycles. The highest BCUT2D eigenvalue weighted by Gasteiger charge is 2.30. The minimum Gasteiger partial charge on any atom is -0.462 e. The summed E-state index contributed by atoms with van der Waals surface area (Å²) in [6, 6.07) is 0. The summed E-state index contributed by atoms with van der Waals surface area (Å²) >= 11 is 0. The molecule has 0 saturated carbocycles. The van der Waals surface area contributed by atoms with Gasteiger partial charge in [0.05, 0.1) is 26.4 Å². The zero-order valence-electron chi connectivity index (χ0n) is 62.0. The number of phosphoric acid groups is 2. The fraction of sp³-hybridized carbons (Fsp3) is 0.947. The summed E-state index contributed by atoms with van der Waals surface area (Å²) in [7, 11) is -9.91. The van der Waals surface area contributed by atoms with E-state index in [9.17, 15) is 43.2 Å². The number of esters is 4. The van der Waals surface area contributed by atoms with Crippen molar-refractivity contribution in [3.8, 4) is 0 Å². The summed E-state index contributed by atoms with van der Waals surface area (Å²) in [5, 5.41) is 10.6. The van der Waals surface area contributed by atoms with Crippen LogP contribution in [0.5, 0.6) is 0 Å². The Hall–Kier alpha value is -1.94. The predicted molar refractivity (Wildman–Crippen MR) is 386 cm³/mol. The summed E-state index contributed by atoms with van der Waals surface area (Å²) in [5.41, 5.74) is 0. The van der Waals surface area contributed by atoms with Crippen molar-refractivity contribution in [2.24, 2.45) is 11.8 Å². The lowest BCUT2D eigenvalue weighted by molar-refractivity contribution is -0.161. The van der Waals surface area contributed by atoms with Crippen molar-refractivity contribution in [3.63, 3.8) is 0 Å². The van der Waals surface area contributed by atoms with Gasteiger partial charge in [0.25, 0.3) is 0 Å². The van der Waals surface area contributed by atoms with Crippen LogP contribution in [0.2, 0.25) is 0 Å². The van der Waals surface area contributed by atoms with E-state index in [1.165, 1.54) is 205 Å². The molecule has 0 bridgehead atoms. The molecule has 0 aromatic heterocycles. The monoisotopic (exact) mass is 1400 g/mol. The highest BCUT2D eigenvalue weighted by Crippen LogP contribution is 2.45. The molecule has 3 N–H and O–H groups in total. The molecule has 0 aromatic rings. The first-order chi connectivity index (χ1) is 45.9. The number of aliphatic hydroxyl groups is 1. The van der Waals surface area contributed by atoms with E-state index in [0.717, 1.165) is 102 Å². The smallest absolute Gasteiger partial charge is 0.462 e. The Balaban J connectivity index is 5.24. The first kappa shape index (κ1) is 93.1. The molecule has 0 fully saturated rings. The molecule has 0 radical (unpaired) electrons. The molecule has 0 spiro atoms. The van der Waals surface area contributed by atoms with E-state index >= 15 is 0 Å². The minimum atomic E-state index is -4.96. The van der Waals surface area contributed by atoms with Crippen molar-refractivity contribution in [2.45, 2.75) is 413 Å². The van der Waals surface area contributed by atoms with E-state index in [-0.39, 0.29) is 25.7 Å². The van der Waals surface area contributed by atoms with Gasteiger partial charge in [-0.1, -0.05) is 343 Å². The summed E-state index contributed by atoms with van der Waals surface area (Å²) in [6.45, 7) is 9.54.